The number of anilines is 1. The highest BCUT2D eigenvalue weighted by Crippen LogP contribution is 2.33. The number of methoxy groups -OCH3 is 1. The van der Waals surface area contributed by atoms with Gasteiger partial charge in [0, 0.05) is 18.3 Å². The molecule has 1 aliphatic heterocycles. The topological polar surface area (TPSA) is 56.6 Å². The molecule has 0 radical (unpaired) electrons. The summed E-state index contributed by atoms with van der Waals surface area (Å²) in [4.78, 5) is 17.3. The van der Waals surface area contributed by atoms with E-state index in [1.54, 1.807) is 12.0 Å². The second-order valence-electron chi connectivity index (χ2n) is 7.70. The Balaban J connectivity index is 1.80. The van der Waals surface area contributed by atoms with Crippen molar-refractivity contribution in [1.29, 1.82) is 5.26 Å². The van der Waals surface area contributed by atoms with Gasteiger partial charge in [0.1, 0.15) is 5.75 Å². The van der Waals surface area contributed by atoms with Gasteiger partial charge in [0.2, 0.25) is 5.91 Å². The first-order valence-corrected chi connectivity index (χ1v) is 10.2. The van der Waals surface area contributed by atoms with Gasteiger partial charge in [-0.2, -0.15) is 5.26 Å². The molecule has 5 heteroatoms. The van der Waals surface area contributed by atoms with Crippen molar-refractivity contribution in [3.05, 3.63) is 59.2 Å². The van der Waals surface area contributed by atoms with Crippen LogP contribution in [0.25, 0.3) is 0 Å². The van der Waals surface area contributed by atoms with Crippen molar-refractivity contribution in [2.75, 3.05) is 31.6 Å². The van der Waals surface area contributed by atoms with Crippen LogP contribution in [0.1, 0.15) is 42.0 Å². The highest BCUT2D eigenvalue weighted by atomic mass is 16.5. The molecule has 1 fully saturated rings. The Morgan fingerprint density at radius 3 is 2.69 bits per heavy atom. The van der Waals surface area contributed by atoms with Gasteiger partial charge in [-0.15, -0.1) is 0 Å². The van der Waals surface area contributed by atoms with Crippen LogP contribution in [-0.2, 0) is 4.79 Å². The van der Waals surface area contributed by atoms with Gasteiger partial charge in [-0.25, -0.2) is 0 Å². The van der Waals surface area contributed by atoms with E-state index in [2.05, 4.69) is 29.2 Å². The number of rotatable bonds is 7. The normalized spacial score (nSPS) is 16.4. The van der Waals surface area contributed by atoms with Crippen molar-refractivity contribution >= 4 is 11.6 Å². The molecule has 29 heavy (non-hydrogen) atoms. The van der Waals surface area contributed by atoms with Gasteiger partial charge in [-0.1, -0.05) is 18.2 Å². The number of likely N-dealkylation sites (tertiary alicyclic amines) is 1. The summed E-state index contributed by atoms with van der Waals surface area (Å²) >= 11 is 0. The number of aryl methyl sites for hydroxylation is 2. The van der Waals surface area contributed by atoms with Gasteiger partial charge < -0.3 is 9.64 Å². The quantitative estimate of drug-likeness (QED) is 0.702. The molecular weight excluding hydrogens is 362 g/mol. The van der Waals surface area contributed by atoms with Crippen LogP contribution in [0, 0.1) is 25.2 Å². The SMILES string of the molecule is COc1cccc(C2CCCN2CC(=O)N(CCC#N)c2cc(C)cc(C)c2)c1. The predicted molar refractivity (Wildman–Crippen MR) is 115 cm³/mol. The summed E-state index contributed by atoms with van der Waals surface area (Å²) in [7, 11) is 1.67. The summed E-state index contributed by atoms with van der Waals surface area (Å²) in [6.45, 7) is 5.72. The number of nitrogens with zero attached hydrogens (tertiary/aromatic N) is 3. The van der Waals surface area contributed by atoms with Crippen LogP contribution in [0.15, 0.2) is 42.5 Å². The van der Waals surface area contributed by atoms with Crippen molar-refractivity contribution in [1.82, 2.24) is 4.90 Å². The van der Waals surface area contributed by atoms with E-state index in [0.717, 1.165) is 42.0 Å². The van der Waals surface area contributed by atoms with E-state index in [0.29, 0.717) is 19.5 Å². The first-order valence-electron chi connectivity index (χ1n) is 10.2. The minimum absolute atomic E-state index is 0.0417. The molecule has 5 nitrogen and oxygen atoms in total. The van der Waals surface area contributed by atoms with Gasteiger partial charge in [0.25, 0.3) is 0 Å². The molecule has 1 unspecified atom stereocenters. The standard InChI is InChI=1S/C24H29N3O2/c1-18-13-19(2)15-21(14-18)27(12-6-10-25)24(28)17-26-11-5-9-23(26)20-7-4-8-22(16-20)29-3/h4,7-8,13-16,23H,5-6,9,11-12,17H2,1-3H3. The first kappa shape index (κ1) is 20.9. The van der Waals surface area contributed by atoms with Gasteiger partial charge in [0.15, 0.2) is 0 Å². The molecule has 1 amide bonds. The Labute approximate surface area is 173 Å². The highest BCUT2D eigenvalue weighted by molar-refractivity contribution is 5.95. The number of benzene rings is 2. The van der Waals surface area contributed by atoms with Crippen molar-refractivity contribution in [3.8, 4) is 11.8 Å². The van der Waals surface area contributed by atoms with E-state index >= 15 is 0 Å². The van der Waals surface area contributed by atoms with E-state index < -0.39 is 0 Å². The van der Waals surface area contributed by atoms with Crippen LogP contribution < -0.4 is 9.64 Å². The molecule has 0 aromatic heterocycles. The smallest absolute Gasteiger partial charge is 0.241 e. The van der Waals surface area contributed by atoms with E-state index in [1.807, 2.05) is 38.1 Å². The minimum Gasteiger partial charge on any atom is -0.497 e. The summed E-state index contributed by atoms with van der Waals surface area (Å²) in [5, 5.41) is 9.07. The maximum atomic E-state index is 13.3. The fourth-order valence-corrected chi connectivity index (χ4v) is 4.17. The molecule has 0 aliphatic carbocycles. The van der Waals surface area contributed by atoms with E-state index in [1.165, 1.54) is 5.56 Å². The fourth-order valence-electron chi connectivity index (χ4n) is 4.17. The van der Waals surface area contributed by atoms with E-state index in [4.69, 9.17) is 10.00 Å². The fraction of sp³-hybridized carbons (Fsp3) is 0.417. The largest absolute Gasteiger partial charge is 0.497 e. The Bertz CT molecular complexity index is 883. The van der Waals surface area contributed by atoms with Crippen molar-refractivity contribution < 1.29 is 9.53 Å². The molecule has 0 saturated carbocycles. The lowest BCUT2D eigenvalue weighted by Gasteiger charge is -2.29. The lowest BCUT2D eigenvalue weighted by Crippen LogP contribution is -2.41. The number of carbonyl (C=O) groups excluding carboxylic acids is 1. The summed E-state index contributed by atoms with van der Waals surface area (Å²) in [6, 6.07) is 16.6. The minimum atomic E-state index is 0.0417. The third kappa shape index (κ3) is 5.16. The molecule has 3 rings (SSSR count). The number of nitriles is 1. The molecule has 1 heterocycles. The predicted octanol–water partition coefficient (Wildman–Crippen LogP) is 4.40. The van der Waals surface area contributed by atoms with Crippen LogP contribution in [0.5, 0.6) is 5.75 Å². The van der Waals surface area contributed by atoms with Gasteiger partial charge >= 0.3 is 0 Å². The Morgan fingerprint density at radius 2 is 2.00 bits per heavy atom. The number of carbonyl (C=O) groups is 1. The second-order valence-corrected chi connectivity index (χ2v) is 7.70. The van der Waals surface area contributed by atoms with Crippen LogP contribution >= 0.6 is 0 Å². The third-order valence-electron chi connectivity index (χ3n) is 5.45. The Kier molecular flexibility index (Phi) is 6.90. The molecule has 2 aromatic carbocycles. The summed E-state index contributed by atoms with van der Waals surface area (Å²) < 4.78 is 5.37. The van der Waals surface area contributed by atoms with Gasteiger partial charge in [-0.05, 0) is 74.2 Å². The van der Waals surface area contributed by atoms with E-state index in [9.17, 15) is 4.79 Å². The van der Waals surface area contributed by atoms with Crippen LogP contribution in [-0.4, -0.2) is 37.6 Å². The highest BCUT2D eigenvalue weighted by Gasteiger charge is 2.29. The average Bonchev–Trinajstić information content (AvgIpc) is 3.15. The lowest BCUT2D eigenvalue weighted by molar-refractivity contribution is -0.120. The van der Waals surface area contributed by atoms with Gasteiger partial charge in [-0.3, -0.25) is 9.69 Å². The molecular formula is C24H29N3O2. The molecule has 1 atom stereocenters. The summed E-state index contributed by atoms with van der Waals surface area (Å²) in [6.07, 6.45) is 2.41. The van der Waals surface area contributed by atoms with Crippen LogP contribution in [0.2, 0.25) is 0 Å². The summed E-state index contributed by atoms with van der Waals surface area (Å²) in [5.41, 5.74) is 4.29. The average molecular weight is 392 g/mol. The number of ether oxygens (including phenoxy) is 1. The molecule has 1 saturated heterocycles. The zero-order chi connectivity index (χ0) is 20.8. The zero-order valence-corrected chi connectivity index (χ0v) is 17.5. The van der Waals surface area contributed by atoms with Crippen molar-refractivity contribution in [3.63, 3.8) is 0 Å². The van der Waals surface area contributed by atoms with Gasteiger partial charge in [0.05, 0.1) is 26.1 Å². The maximum Gasteiger partial charge on any atom is 0.241 e. The molecule has 152 valence electrons. The number of hydrogen-bond acceptors (Lipinski definition) is 4. The Morgan fingerprint density at radius 1 is 1.24 bits per heavy atom. The molecule has 0 bridgehead atoms. The summed E-state index contributed by atoms with van der Waals surface area (Å²) in [5.74, 6) is 0.881. The maximum absolute atomic E-state index is 13.3. The lowest BCUT2D eigenvalue weighted by atomic mass is 10.0. The zero-order valence-electron chi connectivity index (χ0n) is 17.5. The molecule has 0 N–H and O–H groups in total. The number of hydrogen-bond donors (Lipinski definition) is 0. The Hall–Kier alpha value is -2.84. The van der Waals surface area contributed by atoms with Crippen molar-refractivity contribution in [2.24, 2.45) is 0 Å². The van der Waals surface area contributed by atoms with E-state index in [-0.39, 0.29) is 11.9 Å². The molecule has 1 aliphatic rings. The van der Waals surface area contributed by atoms with Crippen LogP contribution in [0.3, 0.4) is 0 Å². The first-order chi connectivity index (χ1) is 14.0. The van der Waals surface area contributed by atoms with Crippen LogP contribution in [0.4, 0.5) is 5.69 Å². The third-order valence-corrected chi connectivity index (χ3v) is 5.45. The molecule has 0 spiro atoms. The number of amides is 1. The van der Waals surface area contributed by atoms with Crippen molar-refractivity contribution in [2.45, 2.75) is 39.2 Å². The monoisotopic (exact) mass is 391 g/mol. The second kappa shape index (κ2) is 9.58. The molecule has 2 aromatic rings.